The SMILES string of the molecule is CCCCCCCCCCCCCCC(O)C(O)C(COC1OC(CO)C(O)C(O)C1O)NC(=O)Cc1ccc(OC)cc1. The fourth-order valence-corrected chi connectivity index (χ4v) is 5.45. The van der Waals surface area contributed by atoms with Crippen LogP contribution in [0, 0.1) is 0 Å². The maximum absolute atomic E-state index is 12.9. The molecule has 8 atom stereocenters. The summed E-state index contributed by atoms with van der Waals surface area (Å²) in [4.78, 5) is 12.9. The molecule has 0 bridgehead atoms. The number of rotatable bonds is 23. The van der Waals surface area contributed by atoms with Crippen molar-refractivity contribution >= 4 is 5.91 Å². The molecular weight excluding hydrogens is 570 g/mol. The van der Waals surface area contributed by atoms with Gasteiger partial charge in [-0.2, -0.15) is 0 Å². The fraction of sp³-hybridized carbons (Fsp3) is 0.788. The third-order valence-corrected chi connectivity index (χ3v) is 8.32. The molecule has 1 aromatic carbocycles. The van der Waals surface area contributed by atoms with Crippen LogP contribution in [0.25, 0.3) is 0 Å². The van der Waals surface area contributed by atoms with Gasteiger partial charge in [0.1, 0.15) is 36.3 Å². The zero-order valence-corrected chi connectivity index (χ0v) is 26.6. The summed E-state index contributed by atoms with van der Waals surface area (Å²) in [5, 5.41) is 64.4. The molecule has 1 heterocycles. The van der Waals surface area contributed by atoms with Crippen LogP contribution in [-0.2, 0) is 20.7 Å². The third-order valence-electron chi connectivity index (χ3n) is 8.32. The van der Waals surface area contributed by atoms with Crippen molar-refractivity contribution in [3.05, 3.63) is 29.8 Å². The van der Waals surface area contributed by atoms with Gasteiger partial charge in [-0.25, -0.2) is 0 Å². The van der Waals surface area contributed by atoms with Gasteiger partial charge in [0.2, 0.25) is 5.91 Å². The zero-order chi connectivity index (χ0) is 32.3. The van der Waals surface area contributed by atoms with Gasteiger partial charge < -0.3 is 50.2 Å². The van der Waals surface area contributed by atoms with Crippen molar-refractivity contribution in [3.8, 4) is 5.75 Å². The third kappa shape index (κ3) is 13.7. The van der Waals surface area contributed by atoms with E-state index in [4.69, 9.17) is 14.2 Å². The van der Waals surface area contributed by atoms with Crippen LogP contribution in [0.5, 0.6) is 5.75 Å². The van der Waals surface area contributed by atoms with E-state index in [-0.39, 0.29) is 13.0 Å². The Morgan fingerprint density at radius 3 is 1.98 bits per heavy atom. The lowest BCUT2D eigenvalue weighted by Gasteiger charge is -2.40. The van der Waals surface area contributed by atoms with Crippen LogP contribution in [0.4, 0.5) is 0 Å². The van der Waals surface area contributed by atoms with E-state index in [0.29, 0.717) is 17.7 Å². The number of unbranched alkanes of at least 4 members (excludes halogenated alkanes) is 11. The van der Waals surface area contributed by atoms with Crippen LogP contribution >= 0.6 is 0 Å². The van der Waals surface area contributed by atoms with Crippen molar-refractivity contribution in [2.75, 3.05) is 20.3 Å². The molecular formula is C33H57NO10. The van der Waals surface area contributed by atoms with Crippen molar-refractivity contribution in [2.24, 2.45) is 0 Å². The Kier molecular flexibility index (Phi) is 19.0. The van der Waals surface area contributed by atoms with Gasteiger partial charge in [0, 0.05) is 0 Å². The summed E-state index contributed by atoms with van der Waals surface area (Å²) in [6, 6.07) is 5.89. The molecule has 1 saturated heterocycles. The molecule has 0 aliphatic carbocycles. The molecule has 0 aromatic heterocycles. The van der Waals surface area contributed by atoms with Gasteiger partial charge in [-0.05, 0) is 24.1 Å². The number of aliphatic hydroxyl groups excluding tert-OH is 6. The topological polar surface area (TPSA) is 178 Å². The lowest BCUT2D eigenvalue weighted by Crippen LogP contribution is -2.60. The highest BCUT2D eigenvalue weighted by Crippen LogP contribution is 2.23. The quantitative estimate of drug-likeness (QED) is 0.0891. The molecule has 2 rings (SSSR count). The number of aliphatic hydroxyl groups is 6. The summed E-state index contributed by atoms with van der Waals surface area (Å²) in [5.74, 6) is 0.227. The first kappa shape index (κ1) is 38.4. The average Bonchev–Trinajstić information content (AvgIpc) is 3.03. The van der Waals surface area contributed by atoms with Crippen molar-refractivity contribution in [2.45, 2.75) is 146 Å². The number of nitrogens with one attached hydrogen (secondary N) is 1. The van der Waals surface area contributed by atoms with E-state index in [1.807, 2.05) is 0 Å². The molecule has 44 heavy (non-hydrogen) atoms. The second-order valence-electron chi connectivity index (χ2n) is 12.0. The first-order valence-corrected chi connectivity index (χ1v) is 16.4. The highest BCUT2D eigenvalue weighted by atomic mass is 16.7. The Morgan fingerprint density at radius 1 is 0.864 bits per heavy atom. The van der Waals surface area contributed by atoms with Gasteiger partial charge in [-0.1, -0.05) is 96.1 Å². The number of carbonyl (C=O) groups is 1. The van der Waals surface area contributed by atoms with Crippen LogP contribution < -0.4 is 10.1 Å². The second kappa shape index (κ2) is 21.8. The summed E-state index contributed by atoms with van der Waals surface area (Å²) >= 11 is 0. The lowest BCUT2D eigenvalue weighted by atomic mass is 9.98. The van der Waals surface area contributed by atoms with Gasteiger partial charge in [0.05, 0.1) is 38.9 Å². The molecule has 0 saturated carbocycles. The molecule has 0 radical (unpaired) electrons. The molecule has 11 nitrogen and oxygen atoms in total. The van der Waals surface area contributed by atoms with E-state index in [1.165, 1.54) is 51.4 Å². The van der Waals surface area contributed by atoms with Crippen molar-refractivity contribution < 1.29 is 49.6 Å². The normalized spacial score (nSPS) is 24.0. The number of methoxy groups -OCH3 is 1. The Hall–Kier alpha value is -1.83. The molecule has 1 aliphatic heterocycles. The number of benzene rings is 1. The molecule has 1 aromatic rings. The van der Waals surface area contributed by atoms with Gasteiger partial charge in [0.25, 0.3) is 0 Å². The summed E-state index contributed by atoms with van der Waals surface area (Å²) in [7, 11) is 1.55. The molecule has 7 N–H and O–H groups in total. The summed E-state index contributed by atoms with van der Waals surface area (Å²) < 4.78 is 16.2. The highest BCUT2D eigenvalue weighted by Gasteiger charge is 2.44. The highest BCUT2D eigenvalue weighted by molar-refractivity contribution is 5.79. The predicted molar refractivity (Wildman–Crippen MR) is 166 cm³/mol. The summed E-state index contributed by atoms with van der Waals surface area (Å²) in [5.41, 5.74) is 0.712. The van der Waals surface area contributed by atoms with Crippen molar-refractivity contribution in [1.82, 2.24) is 5.32 Å². The minimum Gasteiger partial charge on any atom is -0.497 e. The number of hydrogen-bond acceptors (Lipinski definition) is 10. The summed E-state index contributed by atoms with van der Waals surface area (Å²) in [6.45, 7) is 1.24. The average molecular weight is 628 g/mol. The monoisotopic (exact) mass is 627 g/mol. The zero-order valence-electron chi connectivity index (χ0n) is 26.6. The Bertz CT molecular complexity index is 886. The maximum atomic E-state index is 12.9. The van der Waals surface area contributed by atoms with Crippen LogP contribution in [0.2, 0.25) is 0 Å². The first-order valence-electron chi connectivity index (χ1n) is 16.4. The Balaban J connectivity index is 1.87. The van der Waals surface area contributed by atoms with Gasteiger partial charge >= 0.3 is 0 Å². The minimum absolute atomic E-state index is 0.00208. The van der Waals surface area contributed by atoms with Crippen LogP contribution in [0.1, 0.15) is 96.0 Å². The standard InChI is InChI=1S/C33H57NO10/c1-3-4-5-6-7-8-9-10-11-12-13-14-15-26(36)29(38)25(34-28(37)20-23-16-18-24(42-2)19-17-23)22-43-33-32(41)31(40)30(39)27(21-35)44-33/h16-19,25-27,29-33,35-36,38-41H,3-15,20-22H2,1-2H3,(H,34,37). The van der Waals surface area contributed by atoms with Gasteiger partial charge in [0.15, 0.2) is 6.29 Å². The molecule has 254 valence electrons. The van der Waals surface area contributed by atoms with Crippen LogP contribution in [0.15, 0.2) is 24.3 Å². The molecule has 11 heteroatoms. The van der Waals surface area contributed by atoms with E-state index in [1.54, 1.807) is 31.4 Å². The van der Waals surface area contributed by atoms with E-state index in [0.717, 1.165) is 25.7 Å². The van der Waals surface area contributed by atoms with Gasteiger partial charge in [-0.3, -0.25) is 4.79 Å². The fourth-order valence-electron chi connectivity index (χ4n) is 5.45. The minimum atomic E-state index is -1.63. The maximum Gasteiger partial charge on any atom is 0.224 e. The smallest absolute Gasteiger partial charge is 0.224 e. The molecule has 1 aliphatic rings. The first-order chi connectivity index (χ1) is 21.2. The molecule has 8 unspecified atom stereocenters. The van der Waals surface area contributed by atoms with E-state index < -0.39 is 61.5 Å². The predicted octanol–water partition coefficient (Wildman–Crippen LogP) is 2.35. The number of amides is 1. The van der Waals surface area contributed by atoms with E-state index in [9.17, 15) is 35.4 Å². The van der Waals surface area contributed by atoms with Crippen molar-refractivity contribution in [1.29, 1.82) is 0 Å². The van der Waals surface area contributed by atoms with Crippen LogP contribution in [0.3, 0.4) is 0 Å². The Labute approximate surface area is 262 Å². The van der Waals surface area contributed by atoms with E-state index >= 15 is 0 Å². The summed E-state index contributed by atoms with van der Waals surface area (Å²) in [6.07, 6.45) is 4.55. The molecule has 1 amide bonds. The number of carbonyl (C=O) groups excluding carboxylic acids is 1. The number of hydrogen-bond donors (Lipinski definition) is 7. The second-order valence-corrected chi connectivity index (χ2v) is 12.0. The van der Waals surface area contributed by atoms with Gasteiger partial charge in [-0.15, -0.1) is 0 Å². The molecule has 1 fully saturated rings. The van der Waals surface area contributed by atoms with Crippen molar-refractivity contribution in [3.63, 3.8) is 0 Å². The largest absolute Gasteiger partial charge is 0.497 e. The van der Waals surface area contributed by atoms with Crippen LogP contribution in [-0.4, -0.2) is 106 Å². The van der Waals surface area contributed by atoms with E-state index in [2.05, 4.69) is 12.2 Å². The Morgan fingerprint density at radius 2 is 1.43 bits per heavy atom. The lowest BCUT2D eigenvalue weighted by molar-refractivity contribution is -0.303. The molecule has 0 spiro atoms. The number of ether oxygens (including phenoxy) is 3.